The van der Waals surface area contributed by atoms with Crippen molar-refractivity contribution in [3.63, 3.8) is 0 Å². The van der Waals surface area contributed by atoms with Gasteiger partial charge in [-0.05, 0) is 37.8 Å². The molecule has 0 saturated carbocycles. The largest absolute Gasteiger partial charge is 0.465 e. The highest BCUT2D eigenvalue weighted by molar-refractivity contribution is 7.89. The molecule has 0 bridgehead atoms. The molecule has 2 aromatic carbocycles. The third kappa shape index (κ3) is 7.87. The zero-order chi connectivity index (χ0) is 29.3. The zero-order valence-electron chi connectivity index (χ0n) is 22.8. The van der Waals surface area contributed by atoms with Gasteiger partial charge in [-0.15, -0.1) is 4.83 Å². The van der Waals surface area contributed by atoms with E-state index in [9.17, 15) is 22.8 Å². The summed E-state index contributed by atoms with van der Waals surface area (Å²) >= 11 is 0. The first-order chi connectivity index (χ1) is 19.1. The van der Waals surface area contributed by atoms with Crippen molar-refractivity contribution in [2.45, 2.75) is 43.9 Å². The van der Waals surface area contributed by atoms with Crippen LogP contribution in [0.2, 0.25) is 0 Å². The van der Waals surface area contributed by atoms with E-state index in [2.05, 4.69) is 4.83 Å². The molecule has 2 amide bonds. The molecule has 12 nitrogen and oxygen atoms in total. The van der Waals surface area contributed by atoms with E-state index >= 15 is 0 Å². The Bertz CT molecular complexity index is 1290. The Morgan fingerprint density at radius 2 is 1.80 bits per heavy atom. The maximum Gasteiger partial charge on any atom is 0.410 e. The molecular weight excluding hydrogens is 538 g/mol. The minimum Gasteiger partial charge on any atom is -0.465 e. The van der Waals surface area contributed by atoms with Crippen LogP contribution in [0.4, 0.5) is 4.79 Å². The van der Waals surface area contributed by atoms with Crippen molar-refractivity contribution >= 4 is 34.2 Å². The molecule has 1 aliphatic rings. The number of aryl methyl sites for hydroxylation is 1. The van der Waals surface area contributed by atoms with E-state index in [4.69, 9.17) is 14.9 Å². The van der Waals surface area contributed by atoms with Gasteiger partial charge < -0.3 is 19.8 Å². The number of rotatable bonds is 12. The van der Waals surface area contributed by atoms with Crippen molar-refractivity contribution in [1.82, 2.24) is 19.6 Å². The predicted octanol–water partition coefficient (Wildman–Crippen LogP) is 1.94. The number of hydrazine groups is 1. The number of esters is 1. The molecule has 1 unspecified atom stereocenters. The summed E-state index contributed by atoms with van der Waals surface area (Å²) in [5, 5.41) is 8.95. The number of hydrogen-bond acceptors (Lipinski definition) is 9. The lowest BCUT2D eigenvalue weighted by Crippen LogP contribution is -2.67. The second-order valence-electron chi connectivity index (χ2n) is 9.27. The summed E-state index contributed by atoms with van der Waals surface area (Å²) in [7, 11) is -2.63. The van der Waals surface area contributed by atoms with Gasteiger partial charge in [-0.2, -0.15) is 0 Å². The first kappa shape index (κ1) is 30.7. The number of sulfonamides is 1. The summed E-state index contributed by atoms with van der Waals surface area (Å²) in [5.74, 6) is -1.20. The zero-order valence-corrected chi connectivity index (χ0v) is 23.6. The summed E-state index contributed by atoms with van der Waals surface area (Å²) in [5.41, 5.74) is 1.63. The number of piperazine rings is 1. The van der Waals surface area contributed by atoms with Gasteiger partial charge in [0.25, 0.3) is 10.0 Å². The fourth-order valence-corrected chi connectivity index (χ4v) is 5.46. The fourth-order valence-electron chi connectivity index (χ4n) is 4.34. The Balaban J connectivity index is 1.89. The number of likely N-dealkylation sites (N-methyl/N-ethyl adjacent to an activating group) is 1. The summed E-state index contributed by atoms with van der Waals surface area (Å²) < 4.78 is 36.7. The number of carbonyl (C=O) groups excluding carboxylic acids is 3. The number of nitrogens with zero attached hydrogens (tertiary/aromatic N) is 3. The molecular formula is C27H35N5O7S. The summed E-state index contributed by atoms with van der Waals surface area (Å²) in [6.45, 7) is 3.33. The average Bonchev–Trinajstić information content (AvgIpc) is 2.92. The number of nitrogens with one attached hydrogen (secondary N) is 2. The first-order valence-electron chi connectivity index (χ1n) is 12.8. The molecule has 2 N–H and O–H groups in total. The Kier molecular flexibility index (Phi) is 10.8. The molecule has 0 aromatic heterocycles. The minimum atomic E-state index is -4.05. The van der Waals surface area contributed by atoms with E-state index < -0.39 is 40.1 Å². The van der Waals surface area contributed by atoms with Crippen LogP contribution in [0.3, 0.4) is 0 Å². The van der Waals surface area contributed by atoms with Gasteiger partial charge in [0.1, 0.15) is 19.2 Å². The van der Waals surface area contributed by atoms with Crippen LogP contribution in [0.25, 0.3) is 0 Å². The lowest BCUT2D eigenvalue weighted by atomic mass is 9.99. The maximum absolute atomic E-state index is 13.7. The number of carbonyl (C=O) groups is 3. The molecule has 0 radical (unpaired) electrons. The number of ether oxygens (including phenoxy) is 2. The normalized spacial score (nSPS) is 16.5. The van der Waals surface area contributed by atoms with Gasteiger partial charge in [0.15, 0.2) is 0 Å². The van der Waals surface area contributed by atoms with Gasteiger partial charge in [-0.3, -0.25) is 14.5 Å². The van der Waals surface area contributed by atoms with E-state index in [-0.39, 0.29) is 44.2 Å². The van der Waals surface area contributed by atoms with Crippen LogP contribution in [0.15, 0.2) is 59.5 Å². The highest BCUT2D eigenvalue weighted by Crippen LogP contribution is 2.22. The summed E-state index contributed by atoms with van der Waals surface area (Å²) in [6.07, 6.45) is 0.175. The van der Waals surface area contributed by atoms with Crippen LogP contribution in [-0.2, 0) is 35.7 Å². The second kappa shape index (κ2) is 14.0. The highest BCUT2D eigenvalue weighted by atomic mass is 32.2. The van der Waals surface area contributed by atoms with E-state index in [0.29, 0.717) is 0 Å². The molecule has 216 valence electrons. The molecule has 1 saturated heterocycles. The number of benzene rings is 2. The standard InChI is InChI=1S/C27H35N5O7S/c1-4-38-24(33)18-31-16-17-32(27(35)39-19-21-8-6-5-7-9-21)25(26(31)34)23(14-15-28)30(3)29-40(36,37)22-12-10-20(2)11-13-22/h5-13,15,23,25,28-29H,4,14,16-19H2,1-3H3/t23?,25-/m0/s1. The molecule has 2 atom stereocenters. The Hall–Kier alpha value is -3.81. The smallest absolute Gasteiger partial charge is 0.410 e. The fraction of sp³-hybridized carbons (Fsp3) is 0.407. The van der Waals surface area contributed by atoms with Crippen LogP contribution in [0.5, 0.6) is 0 Å². The average molecular weight is 574 g/mol. The van der Waals surface area contributed by atoms with Crippen LogP contribution >= 0.6 is 0 Å². The van der Waals surface area contributed by atoms with E-state index in [1.165, 1.54) is 34.0 Å². The van der Waals surface area contributed by atoms with Crippen LogP contribution < -0.4 is 4.83 Å². The van der Waals surface area contributed by atoms with E-state index in [0.717, 1.165) is 17.3 Å². The number of hydrogen-bond donors (Lipinski definition) is 2. The van der Waals surface area contributed by atoms with Gasteiger partial charge in [0, 0.05) is 26.6 Å². The molecule has 0 spiro atoms. The monoisotopic (exact) mass is 573 g/mol. The third-order valence-electron chi connectivity index (χ3n) is 6.39. The van der Waals surface area contributed by atoms with Gasteiger partial charge in [0.05, 0.1) is 17.5 Å². The van der Waals surface area contributed by atoms with Crippen LogP contribution in [0, 0.1) is 12.3 Å². The molecule has 1 fully saturated rings. The summed E-state index contributed by atoms with van der Waals surface area (Å²) in [4.78, 5) is 44.1. The molecule has 3 rings (SSSR count). The van der Waals surface area contributed by atoms with Gasteiger partial charge >= 0.3 is 12.1 Å². The van der Waals surface area contributed by atoms with Crippen molar-refractivity contribution in [2.75, 3.05) is 33.3 Å². The molecule has 2 aromatic rings. The SMILES string of the molecule is CCOC(=O)CN1CCN(C(=O)OCc2ccccc2)[C@@H](C(CC=N)N(C)NS(=O)(=O)c2ccc(C)cc2)C1=O. The van der Waals surface area contributed by atoms with Crippen molar-refractivity contribution in [3.8, 4) is 0 Å². The second-order valence-corrected chi connectivity index (χ2v) is 10.9. The topological polar surface area (TPSA) is 149 Å². The molecule has 13 heteroatoms. The molecule has 40 heavy (non-hydrogen) atoms. The molecule has 1 aliphatic heterocycles. The van der Waals surface area contributed by atoms with E-state index in [1.807, 2.05) is 13.0 Å². The maximum atomic E-state index is 13.7. The minimum absolute atomic E-state index is 0.0107. The van der Waals surface area contributed by atoms with Crippen molar-refractivity contribution in [2.24, 2.45) is 0 Å². The predicted molar refractivity (Wildman–Crippen MR) is 147 cm³/mol. The Labute approximate surface area is 234 Å². The van der Waals surface area contributed by atoms with Crippen molar-refractivity contribution in [1.29, 1.82) is 5.41 Å². The van der Waals surface area contributed by atoms with Crippen LogP contribution in [0.1, 0.15) is 24.5 Å². The quantitative estimate of drug-likeness (QED) is 0.222. The molecule has 1 heterocycles. The number of amides is 2. The third-order valence-corrected chi connectivity index (χ3v) is 7.81. The summed E-state index contributed by atoms with van der Waals surface area (Å²) in [6, 6.07) is 13.0. The van der Waals surface area contributed by atoms with Crippen molar-refractivity contribution in [3.05, 3.63) is 65.7 Å². The van der Waals surface area contributed by atoms with Gasteiger partial charge in [0.2, 0.25) is 5.91 Å². The highest BCUT2D eigenvalue weighted by Gasteiger charge is 2.45. The van der Waals surface area contributed by atoms with Gasteiger partial charge in [-0.25, -0.2) is 18.2 Å². The lowest BCUT2D eigenvalue weighted by molar-refractivity contribution is -0.154. The van der Waals surface area contributed by atoms with Gasteiger partial charge in [-0.1, -0.05) is 48.0 Å². The van der Waals surface area contributed by atoms with Crippen LogP contribution in [-0.4, -0.2) is 92.8 Å². The van der Waals surface area contributed by atoms with E-state index in [1.54, 1.807) is 43.3 Å². The Morgan fingerprint density at radius 3 is 2.42 bits per heavy atom. The molecule has 0 aliphatic carbocycles. The lowest BCUT2D eigenvalue weighted by Gasteiger charge is -2.44. The first-order valence-corrected chi connectivity index (χ1v) is 14.3. The Morgan fingerprint density at radius 1 is 1.12 bits per heavy atom. The van der Waals surface area contributed by atoms with Crippen molar-refractivity contribution < 1.29 is 32.3 Å².